The van der Waals surface area contributed by atoms with Gasteiger partial charge in [-0.25, -0.2) is 8.42 Å². The molecule has 6 heteroatoms. The quantitative estimate of drug-likeness (QED) is 0.883. The topological polar surface area (TPSA) is 74.8 Å². The minimum atomic E-state index is -3.56. The molecule has 2 rings (SSSR count). The summed E-state index contributed by atoms with van der Waals surface area (Å²) in [5, 5.41) is 6.41. The van der Waals surface area contributed by atoms with Gasteiger partial charge in [-0.05, 0) is 31.0 Å². The normalized spacial score (nSPS) is 11.5. The summed E-state index contributed by atoms with van der Waals surface area (Å²) in [5.74, 6) is 0.401. The molecule has 0 atom stereocenters. The maximum absolute atomic E-state index is 12.2. The first-order chi connectivity index (χ1) is 9.03. The van der Waals surface area contributed by atoms with Gasteiger partial charge in [0.15, 0.2) is 0 Å². The largest absolute Gasteiger partial charge is 0.264 e. The zero-order valence-corrected chi connectivity index (χ0v) is 11.8. The SMILES string of the molecule is CCCc1ccc(S(=O)(=O)Nc2[nH]ncc2C)cc1. The third kappa shape index (κ3) is 3.14. The Hall–Kier alpha value is -1.82. The monoisotopic (exact) mass is 279 g/mol. The first kappa shape index (κ1) is 13.6. The van der Waals surface area contributed by atoms with Crippen LogP contribution in [-0.2, 0) is 16.4 Å². The van der Waals surface area contributed by atoms with Crippen LogP contribution in [0.2, 0.25) is 0 Å². The van der Waals surface area contributed by atoms with Crippen LogP contribution in [0.3, 0.4) is 0 Å². The summed E-state index contributed by atoms with van der Waals surface area (Å²) in [6, 6.07) is 6.94. The van der Waals surface area contributed by atoms with Gasteiger partial charge in [0.2, 0.25) is 0 Å². The molecule has 0 radical (unpaired) electrons. The Morgan fingerprint density at radius 3 is 2.47 bits per heavy atom. The van der Waals surface area contributed by atoms with Crippen molar-refractivity contribution in [1.82, 2.24) is 10.2 Å². The Bertz CT molecular complexity index is 645. The molecule has 0 saturated carbocycles. The molecule has 5 nitrogen and oxygen atoms in total. The highest BCUT2D eigenvalue weighted by atomic mass is 32.2. The molecule has 0 amide bonds. The fraction of sp³-hybridized carbons (Fsp3) is 0.308. The lowest BCUT2D eigenvalue weighted by atomic mass is 10.1. The maximum Gasteiger partial charge on any atom is 0.263 e. The van der Waals surface area contributed by atoms with E-state index in [0.29, 0.717) is 5.82 Å². The first-order valence-corrected chi connectivity index (χ1v) is 7.63. The van der Waals surface area contributed by atoms with Crippen molar-refractivity contribution in [3.05, 3.63) is 41.6 Å². The van der Waals surface area contributed by atoms with E-state index in [1.54, 1.807) is 25.3 Å². The predicted octanol–water partition coefficient (Wildman–Crippen LogP) is 2.47. The van der Waals surface area contributed by atoms with Crippen LogP contribution < -0.4 is 4.72 Å². The summed E-state index contributed by atoms with van der Waals surface area (Å²) in [6.07, 6.45) is 3.56. The Morgan fingerprint density at radius 2 is 1.95 bits per heavy atom. The number of hydrogen-bond acceptors (Lipinski definition) is 3. The molecule has 0 spiro atoms. The molecule has 1 aromatic carbocycles. The van der Waals surface area contributed by atoms with Crippen molar-refractivity contribution in [2.24, 2.45) is 0 Å². The van der Waals surface area contributed by atoms with Crippen LogP contribution in [0.1, 0.15) is 24.5 Å². The van der Waals surface area contributed by atoms with E-state index in [1.807, 2.05) is 12.1 Å². The van der Waals surface area contributed by atoms with Crippen molar-refractivity contribution in [1.29, 1.82) is 0 Å². The summed E-state index contributed by atoms with van der Waals surface area (Å²) >= 11 is 0. The summed E-state index contributed by atoms with van der Waals surface area (Å²) in [5.41, 5.74) is 1.89. The predicted molar refractivity (Wildman–Crippen MR) is 74.6 cm³/mol. The molecule has 0 bridgehead atoms. The average Bonchev–Trinajstić information content (AvgIpc) is 2.75. The lowest BCUT2D eigenvalue weighted by Crippen LogP contribution is -2.13. The number of anilines is 1. The lowest BCUT2D eigenvalue weighted by molar-refractivity contribution is 0.601. The number of benzene rings is 1. The number of hydrogen-bond donors (Lipinski definition) is 2. The van der Waals surface area contributed by atoms with E-state index in [-0.39, 0.29) is 4.90 Å². The minimum Gasteiger partial charge on any atom is -0.264 e. The first-order valence-electron chi connectivity index (χ1n) is 6.14. The van der Waals surface area contributed by atoms with Crippen LogP contribution in [0.4, 0.5) is 5.82 Å². The smallest absolute Gasteiger partial charge is 0.263 e. The van der Waals surface area contributed by atoms with Gasteiger partial charge >= 0.3 is 0 Å². The molecular formula is C13H17N3O2S. The van der Waals surface area contributed by atoms with Gasteiger partial charge in [0, 0.05) is 5.56 Å². The van der Waals surface area contributed by atoms with Crippen molar-refractivity contribution in [3.8, 4) is 0 Å². The molecule has 0 saturated heterocycles. The molecule has 0 fully saturated rings. The van der Waals surface area contributed by atoms with E-state index < -0.39 is 10.0 Å². The van der Waals surface area contributed by atoms with Crippen LogP contribution in [0.25, 0.3) is 0 Å². The number of aromatic amines is 1. The number of aromatic nitrogens is 2. The molecule has 0 aliphatic heterocycles. The summed E-state index contributed by atoms with van der Waals surface area (Å²) in [7, 11) is -3.56. The molecular weight excluding hydrogens is 262 g/mol. The molecule has 1 aromatic heterocycles. The van der Waals surface area contributed by atoms with Gasteiger partial charge in [-0.15, -0.1) is 0 Å². The maximum atomic E-state index is 12.2. The van der Waals surface area contributed by atoms with E-state index in [2.05, 4.69) is 21.8 Å². The number of nitrogens with zero attached hydrogens (tertiary/aromatic N) is 1. The van der Waals surface area contributed by atoms with E-state index in [4.69, 9.17) is 0 Å². The number of sulfonamides is 1. The highest BCUT2D eigenvalue weighted by Gasteiger charge is 2.15. The number of nitrogens with one attached hydrogen (secondary N) is 2. The molecule has 1 heterocycles. The van der Waals surface area contributed by atoms with Gasteiger partial charge in [-0.1, -0.05) is 25.5 Å². The number of H-pyrrole nitrogens is 1. The van der Waals surface area contributed by atoms with E-state index in [0.717, 1.165) is 24.0 Å². The van der Waals surface area contributed by atoms with Crippen LogP contribution in [-0.4, -0.2) is 18.6 Å². The summed E-state index contributed by atoms with van der Waals surface area (Å²) in [4.78, 5) is 0.251. The Balaban J connectivity index is 2.22. The van der Waals surface area contributed by atoms with Crippen LogP contribution in [0, 0.1) is 6.92 Å². The molecule has 0 aliphatic rings. The average molecular weight is 279 g/mol. The second kappa shape index (κ2) is 5.44. The molecule has 19 heavy (non-hydrogen) atoms. The zero-order valence-electron chi connectivity index (χ0n) is 11.0. The van der Waals surface area contributed by atoms with E-state index in [9.17, 15) is 8.42 Å². The second-order valence-corrected chi connectivity index (χ2v) is 6.11. The fourth-order valence-electron chi connectivity index (χ4n) is 1.77. The number of rotatable bonds is 5. The van der Waals surface area contributed by atoms with Crippen molar-refractivity contribution in [2.75, 3.05) is 4.72 Å². The van der Waals surface area contributed by atoms with Crippen LogP contribution in [0.15, 0.2) is 35.4 Å². The van der Waals surface area contributed by atoms with Gasteiger partial charge in [-0.3, -0.25) is 9.82 Å². The lowest BCUT2D eigenvalue weighted by Gasteiger charge is -2.07. The fourth-order valence-corrected chi connectivity index (χ4v) is 2.85. The second-order valence-electron chi connectivity index (χ2n) is 4.43. The third-order valence-electron chi connectivity index (χ3n) is 2.84. The number of aryl methyl sites for hydroxylation is 2. The minimum absolute atomic E-state index is 0.251. The molecule has 2 N–H and O–H groups in total. The van der Waals surface area contributed by atoms with E-state index >= 15 is 0 Å². The Labute approximate surface area is 113 Å². The van der Waals surface area contributed by atoms with E-state index in [1.165, 1.54) is 0 Å². The molecule has 0 unspecified atom stereocenters. The highest BCUT2D eigenvalue weighted by molar-refractivity contribution is 7.92. The Morgan fingerprint density at radius 1 is 1.26 bits per heavy atom. The van der Waals surface area contributed by atoms with Gasteiger partial charge in [0.05, 0.1) is 11.1 Å². The van der Waals surface area contributed by atoms with Gasteiger partial charge in [0.25, 0.3) is 10.0 Å². The standard InChI is InChI=1S/C13H17N3O2S/c1-3-4-11-5-7-12(8-6-11)19(17,18)16-13-10(2)9-14-15-13/h5-9H,3-4H2,1-2H3,(H2,14,15,16). The summed E-state index contributed by atoms with van der Waals surface area (Å²) in [6.45, 7) is 3.87. The van der Waals surface area contributed by atoms with Crippen molar-refractivity contribution in [3.63, 3.8) is 0 Å². The molecule has 2 aromatic rings. The van der Waals surface area contributed by atoms with Crippen molar-refractivity contribution >= 4 is 15.8 Å². The van der Waals surface area contributed by atoms with Gasteiger partial charge < -0.3 is 0 Å². The van der Waals surface area contributed by atoms with Crippen LogP contribution >= 0.6 is 0 Å². The summed E-state index contributed by atoms with van der Waals surface area (Å²) < 4.78 is 26.8. The van der Waals surface area contributed by atoms with Crippen molar-refractivity contribution < 1.29 is 8.42 Å². The zero-order chi connectivity index (χ0) is 13.9. The molecule has 0 aliphatic carbocycles. The highest BCUT2D eigenvalue weighted by Crippen LogP contribution is 2.17. The molecule has 102 valence electrons. The van der Waals surface area contributed by atoms with Crippen molar-refractivity contribution in [2.45, 2.75) is 31.6 Å². The third-order valence-corrected chi connectivity index (χ3v) is 4.20. The van der Waals surface area contributed by atoms with Gasteiger partial charge in [-0.2, -0.15) is 5.10 Å². The Kier molecular flexibility index (Phi) is 3.90. The van der Waals surface area contributed by atoms with Crippen LogP contribution in [0.5, 0.6) is 0 Å². The van der Waals surface area contributed by atoms with Gasteiger partial charge in [0.1, 0.15) is 5.82 Å².